The molecule has 0 amide bonds. The van der Waals surface area contributed by atoms with E-state index in [4.69, 9.17) is 0 Å². The molecule has 1 aromatic heterocycles. The number of nitrogens with one attached hydrogen (secondary N) is 1. The molecule has 0 radical (unpaired) electrons. The number of likely N-dealkylation sites (tertiary alicyclic amines) is 1. The highest BCUT2D eigenvalue weighted by atomic mass is 16.1. The highest BCUT2D eigenvalue weighted by molar-refractivity contribution is 5.30. The molecule has 1 saturated heterocycles. The van der Waals surface area contributed by atoms with E-state index in [1.807, 2.05) is 6.92 Å². The van der Waals surface area contributed by atoms with Crippen LogP contribution in [0.5, 0.6) is 0 Å². The summed E-state index contributed by atoms with van der Waals surface area (Å²) in [6.45, 7) is 6.78. The van der Waals surface area contributed by atoms with Crippen molar-refractivity contribution in [2.75, 3.05) is 31.5 Å². The molecule has 5 nitrogen and oxygen atoms in total. The van der Waals surface area contributed by atoms with Crippen LogP contribution in [0.15, 0.2) is 17.2 Å². The SMILES string of the molecule is CCn1ccnc(NCCN2CCCCC2)c1=O. The van der Waals surface area contributed by atoms with E-state index in [0.29, 0.717) is 12.4 Å². The van der Waals surface area contributed by atoms with Crippen molar-refractivity contribution in [3.63, 3.8) is 0 Å². The summed E-state index contributed by atoms with van der Waals surface area (Å²) in [6, 6.07) is 0. The summed E-state index contributed by atoms with van der Waals surface area (Å²) in [4.78, 5) is 18.5. The van der Waals surface area contributed by atoms with Gasteiger partial charge in [0, 0.05) is 32.0 Å². The molecular formula is C13H22N4O. The molecule has 0 spiro atoms. The maximum absolute atomic E-state index is 11.9. The average Bonchev–Trinajstić information content (AvgIpc) is 2.42. The van der Waals surface area contributed by atoms with Gasteiger partial charge >= 0.3 is 0 Å². The van der Waals surface area contributed by atoms with Crippen LogP contribution in [0, 0.1) is 0 Å². The van der Waals surface area contributed by atoms with Crippen LogP contribution in [0.4, 0.5) is 5.82 Å². The summed E-state index contributed by atoms with van der Waals surface area (Å²) < 4.78 is 1.66. The molecule has 2 rings (SSSR count). The van der Waals surface area contributed by atoms with E-state index in [9.17, 15) is 4.79 Å². The first-order valence-electron chi connectivity index (χ1n) is 6.83. The molecule has 5 heteroatoms. The van der Waals surface area contributed by atoms with E-state index in [-0.39, 0.29) is 5.56 Å². The van der Waals surface area contributed by atoms with E-state index in [1.165, 1.54) is 32.4 Å². The summed E-state index contributed by atoms with van der Waals surface area (Å²) in [5.74, 6) is 0.469. The Morgan fingerprint density at radius 2 is 2.11 bits per heavy atom. The number of piperidine rings is 1. The van der Waals surface area contributed by atoms with Crippen LogP contribution in [0.1, 0.15) is 26.2 Å². The number of rotatable bonds is 5. The second-order valence-electron chi connectivity index (χ2n) is 4.70. The zero-order valence-electron chi connectivity index (χ0n) is 11.1. The Balaban J connectivity index is 1.84. The average molecular weight is 250 g/mol. The molecule has 0 atom stereocenters. The minimum Gasteiger partial charge on any atom is -0.364 e. The number of aryl methyl sites for hydroxylation is 1. The molecule has 1 aliphatic heterocycles. The van der Waals surface area contributed by atoms with Crippen molar-refractivity contribution in [3.8, 4) is 0 Å². The van der Waals surface area contributed by atoms with E-state index in [1.54, 1.807) is 17.0 Å². The fraction of sp³-hybridized carbons (Fsp3) is 0.692. The lowest BCUT2D eigenvalue weighted by Crippen LogP contribution is -2.34. The van der Waals surface area contributed by atoms with Crippen LogP contribution < -0.4 is 10.9 Å². The molecular weight excluding hydrogens is 228 g/mol. The Kier molecular flexibility index (Phi) is 4.75. The summed E-state index contributed by atoms with van der Waals surface area (Å²) >= 11 is 0. The second kappa shape index (κ2) is 6.54. The van der Waals surface area contributed by atoms with Crippen LogP contribution in [-0.2, 0) is 6.54 Å². The highest BCUT2D eigenvalue weighted by Gasteiger charge is 2.09. The predicted molar refractivity (Wildman–Crippen MR) is 73.0 cm³/mol. The van der Waals surface area contributed by atoms with Gasteiger partial charge in [-0.3, -0.25) is 4.79 Å². The smallest absolute Gasteiger partial charge is 0.293 e. The van der Waals surface area contributed by atoms with E-state index >= 15 is 0 Å². The highest BCUT2D eigenvalue weighted by Crippen LogP contribution is 2.07. The topological polar surface area (TPSA) is 50.2 Å². The zero-order chi connectivity index (χ0) is 12.8. The van der Waals surface area contributed by atoms with Crippen molar-refractivity contribution in [1.29, 1.82) is 0 Å². The molecule has 0 aromatic carbocycles. The van der Waals surface area contributed by atoms with E-state index in [2.05, 4.69) is 15.2 Å². The molecule has 0 saturated carbocycles. The van der Waals surface area contributed by atoms with Crippen LogP contribution in [-0.4, -0.2) is 40.6 Å². The van der Waals surface area contributed by atoms with Gasteiger partial charge in [0.05, 0.1) is 0 Å². The fourth-order valence-corrected chi connectivity index (χ4v) is 2.33. The number of nitrogens with zero attached hydrogens (tertiary/aromatic N) is 3. The molecule has 0 bridgehead atoms. The predicted octanol–water partition coefficient (Wildman–Crippen LogP) is 1.16. The zero-order valence-corrected chi connectivity index (χ0v) is 11.1. The van der Waals surface area contributed by atoms with Crippen molar-refractivity contribution in [2.45, 2.75) is 32.7 Å². The van der Waals surface area contributed by atoms with Crippen LogP contribution in [0.2, 0.25) is 0 Å². The van der Waals surface area contributed by atoms with Gasteiger partial charge < -0.3 is 14.8 Å². The Labute approximate surface area is 108 Å². The first-order chi connectivity index (χ1) is 8.81. The number of aromatic nitrogens is 2. The minimum atomic E-state index is -0.0290. The largest absolute Gasteiger partial charge is 0.364 e. The molecule has 1 N–H and O–H groups in total. The van der Waals surface area contributed by atoms with Crippen molar-refractivity contribution in [3.05, 3.63) is 22.7 Å². The van der Waals surface area contributed by atoms with Crippen LogP contribution in [0.3, 0.4) is 0 Å². The third-order valence-corrected chi connectivity index (χ3v) is 3.42. The van der Waals surface area contributed by atoms with Crippen LogP contribution >= 0.6 is 0 Å². The monoisotopic (exact) mass is 250 g/mol. The van der Waals surface area contributed by atoms with E-state index < -0.39 is 0 Å². The molecule has 18 heavy (non-hydrogen) atoms. The van der Waals surface area contributed by atoms with Crippen LogP contribution in [0.25, 0.3) is 0 Å². The van der Waals surface area contributed by atoms with E-state index in [0.717, 1.165) is 13.1 Å². The summed E-state index contributed by atoms with van der Waals surface area (Å²) in [5, 5.41) is 3.15. The quantitative estimate of drug-likeness (QED) is 0.852. The Morgan fingerprint density at radius 1 is 1.33 bits per heavy atom. The Bertz CT molecular complexity index is 423. The summed E-state index contributed by atoms with van der Waals surface area (Å²) in [5.41, 5.74) is -0.0290. The molecule has 1 aliphatic rings. The normalized spacial score (nSPS) is 16.7. The molecule has 0 unspecified atom stereocenters. The standard InChI is InChI=1S/C13H22N4O/c1-2-17-11-7-15-12(13(17)18)14-6-10-16-8-4-3-5-9-16/h7,11H,2-6,8-10H2,1H3,(H,14,15). The summed E-state index contributed by atoms with van der Waals surface area (Å²) in [7, 11) is 0. The van der Waals surface area contributed by atoms with Gasteiger partial charge in [0.25, 0.3) is 5.56 Å². The fourth-order valence-electron chi connectivity index (χ4n) is 2.33. The van der Waals surface area contributed by atoms with Gasteiger partial charge in [0.15, 0.2) is 5.82 Å². The lowest BCUT2D eigenvalue weighted by atomic mass is 10.1. The van der Waals surface area contributed by atoms with Gasteiger partial charge in [-0.15, -0.1) is 0 Å². The molecule has 1 aromatic rings. The minimum absolute atomic E-state index is 0.0290. The Hall–Kier alpha value is -1.36. The number of hydrogen-bond donors (Lipinski definition) is 1. The Morgan fingerprint density at radius 3 is 2.83 bits per heavy atom. The first kappa shape index (κ1) is 13.1. The van der Waals surface area contributed by atoms with Gasteiger partial charge in [-0.2, -0.15) is 0 Å². The molecule has 100 valence electrons. The van der Waals surface area contributed by atoms with Crippen molar-refractivity contribution in [1.82, 2.24) is 14.5 Å². The molecule has 2 heterocycles. The van der Waals surface area contributed by atoms with Crippen molar-refractivity contribution >= 4 is 5.82 Å². The second-order valence-corrected chi connectivity index (χ2v) is 4.70. The number of hydrogen-bond acceptors (Lipinski definition) is 4. The molecule has 1 fully saturated rings. The third-order valence-electron chi connectivity index (χ3n) is 3.42. The first-order valence-corrected chi connectivity index (χ1v) is 6.83. The third kappa shape index (κ3) is 3.32. The van der Waals surface area contributed by atoms with Gasteiger partial charge in [-0.1, -0.05) is 6.42 Å². The maximum Gasteiger partial charge on any atom is 0.293 e. The maximum atomic E-state index is 11.9. The van der Waals surface area contributed by atoms with Gasteiger partial charge in [0.1, 0.15) is 0 Å². The summed E-state index contributed by atoms with van der Waals surface area (Å²) in [6.07, 6.45) is 7.34. The number of anilines is 1. The van der Waals surface area contributed by atoms with Gasteiger partial charge in [0.2, 0.25) is 0 Å². The molecule has 0 aliphatic carbocycles. The van der Waals surface area contributed by atoms with Gasteiger partial charge in [-0.05, 0) is 32.9 Å². The lowest BCUT2D eigenvalue weighted by Gasteiger charge is -2.26. The van der Waals surface area contributed by atoms with Crippen molar-refractivity contribution < 1.29 is 0 Å². The van der Waals surface area contributed by atoms with Crippen molar-refractivity contribution in [2.24, 2.45) is 0 Å². The lowest BCUT2D eigenvalue weighted by molar-refractivity contribution is 0.237. The van der Waals surface area contributed by atoms with Gasteiger partial charge in [-0.25, -0.2) is 4.98 Å².